The maximum atomic E-state index is 13.1. The molecule has 1 amide bonds. The third kappa shape index (κ3) is 4.84. The van der Waals surface area contributed by atoms with Gasteiger partial charge in [0, 0.05) is 41.4 Å². The molecule has 0 bridgehead atoms. The summed E-state index contributed by atoms with van der Waals surface area (Å²) >= 11 is 0. The van der Waals surface area contributed by atoms with Crippen molar-refractivity contribution >= 4 is 34.4 Å². The van der Waals surface area contributed by atoms with E-state index in [1.54, 1.807) is 23.0 Å². The molecule has 9 nitrogen and oxygen atoms in total. The highest BCUT2D eigenvalue weighted by Gasteiger charge is 2.21. The summed E-state index contributed by atoms with van der Waals surface area (Å²) in [7, 11) is 0. The molecule has 174 valence electrons. The average molecular weight is 457 g/mol. The van der Waals surface area contributed by atoms with E-state index in [4.69, 9.17) is 10.8 Å². The zero-order chi connectivity index (χ0) is 23.5. The molecule has 3 aromatic heterocycles. The van der Waals surface area contributed by atoms with Gasteiger partial charge in [-0.05, 0) is 56.9 Å². The van der Waals surface area contributed by atoms with Crippen molar-refractivity contribution in [3.05, 3.63) is 72.3 Å². The molecule has 0 atom stereocenters. The van der Waals surface area contributed by atoms with E-state index in [2.05, 4.69) is 25.9 Å². The van der Waals surface area contributed by atoms with E-state index in [-0.39, 0.29) is 18.0 Å². The van der Waals surface area contributed by atoms with Crippen LogP contribution in [-0.2, 0) is 0 Å². The van der Waals surface area contributed by atoms with Gasteiger partial charge in [0.2, 0.25) is 0 Å². The highest BCUT2D eigenvalue weighted by molar-refractivity contribution is 6.03. The SMILES string of the molecule is Cc1cc(NC(=O)c2cnc3c(Nc4ccccc4)cc(NC4CCC(N)CC4)nn23)ccn1. The van der Waals surface area contributed by atoms with Crippen molar-refractivity contribution in [2.75, 3.05) is 16.0 Å². The van der Waals surface area contributed by atoms with E-state index in [0.717, 1.165) is 42.8 Å². The molecule has 34 heavy (non-hydrogen) atoms. The van der Waals surface area contributed by atoms with Gasteiger partial charge in [-0.1, -0.05) is 18.2 Å². The number of imidazole rings is 1. The molecule has 0 aliphatic heterocycles. The van der Waals surface area contributed by atoms with Gasteiger partial charge in [-0.25, -0.2) is 9.50 Å². The van der Waals surface area contributed by atoms with Gasteiger partial charge in [-0.15, -0.1) is 5.10 Å². The van der Waals surface area contributed by atoms with Gasteiger partial charge in [0.15, 0.2) is 11.3 Å². The first-order valence-corrected chi connectivity index (χ1v) is 11.5. The van der Waals surface area contributed by atoms with Crippen molar-refractivity contribution in [1.29, 1.82) is 0 Å². The number of benzene rings is 1. The number of hydrogen-bond acceptors (Lipinski definition) is 7. The number of carbonyl (C=O) groups excluding carboxylic acids is 1. The number of anilines is 4. The molecule has 0 spiro atoms. The highest BCUT2D eigenvalue weighted by atomic mass is 16.2. The van der Waals surface area contributed by atoms with Crippen LogP contribution in [0, 0.1) is 6.92 Å². The van der Waals surface area contributed by atoms with Gasteiger partial charge in [0.25, 0.3) is 5.91 Å². The number of para-hydroxylation sites is 1. The molecule has 4 aromatic rings. The summed E-state index contributed by atoms with van der Waals surface area (Å²) in [6, 6.07) is 15.9. The van der Waals surface area contributed by atoms with Crippen LogP contribution in [0.15, 0.2) is 60.9 Å². The Hall–Kier alpha value is -3.98. The third-order valence-corrected chi connectivity index (χ3v) is 6.03. The van der Waals surface area contributed by atoms with Crippen LogP contribution in [0.25, 0.3) is 5.65 Å². The summed E-state index contributed by atoms with van der Waals surface area (Å²) < 4.78 is 1.59. The zero-order valence-corrected chi connectivity index (χ0v) is 19.0. The minimum absolute atomic E-state index is 0.268. The quantitative estimate of drug-likeness (QED) is 0.344. The minimum atomic E-state index is -0.294. The summed E-state index contributed by atoms with van der Waals surface area (Å²) in [5.74, 6) is 0.384. The Morgan fingerprint density at radius 2 is 1.82 bits per heavy atom. The van der Waals surface area contributed by atoms with E-state index in [9.17, 15) is 4.79 Å². The molecule has 5 rings (SSSR count). The summed E-state index contributed by atoms with van der Waals surface area (Å²) in [5, 5.41) is 14.6. The number of fused-ring (bicyclic) bond motifs is 1. The predicted octanol–water partition coefficient (Wildman–Crippen LogP) is 4.11. The van der Waals surface area contributed by atoms with E-state index in [0.29, 0.717) is 22.8 Å². The number of amides is 1. The number of pyridine rings is 1. The van der Waals surface area contributed by atoms with E-state index in [1.165, 1.54) is 0 Å². The maximum absolute atomic E-state index is 13.1. The van der Waals surface area contributed by atoms with Crippen LogP contribution in [0.4, 0.5) is 22.9 Å². The fourth-order valence-corrected chi connectivity index (χ4v) is 4.25. The lowest BCUT2D eigenvalue weighted by Gasteiger charge is -2.27. The summed E-state index contributed by atoms with van der Waals surface area (Å²) in [6.07, 6.45) is 7.16. The van der Waals surface area contributed by atoms with Crippen molar-refractivity contribution in [2.45, 2.75) is 44.7 Å². The van der Waals surface area contributed by atoms with Gasteiger partial charge in [-0.3, -0.25) is 9.78 Å². The van der Waals surface area contributed by atoms with Crippen LogP contribution in [0.5, 0.6) is 0 Å². The Kier molecular flexibility index (Phi) is 6.09. The Labute approximate surface area is 197 Å². The lowest BCUT2D eigenvalue weighted by atomic mass is 9.92. The van der Waals surface area contributed by atoms with Crippen molar-refractivity contribution in [3.63, 3.8) is 0 Å². The molecule has 1 aliphatic rings. The number of aryl methyl sites for hydroxylation is 1. The molecule has 0 saturated heterocycles. The lowest BCUT2D eigenvalue weighted by molar-refractivity contribution is 0.102. The van der Waals surface area contributed by atoms with E-state index < -0.39 is 0 Å². The van der Waals surface area contributed by atoms with Crippen LogP contribution in [-0.4, -0.2) is 37.6 Å². The second kappa shape index (κ2) is 9.48. The first-order valence-electron chi connectivity index (χ1n) is 11.5. The third-order valence-electron chi connectivity index (χ3n) is 6.03. The van der Waals surface area contributed by atoms with Crippen molar-refractivity contribution in [2.24, 2.45) is 5.73 Å². The molecule has 9 heteroatoms. The fraction of sp³-hybridized carbons (Fsp3) is 0.280. The highest BCUT2D eigenvalue weighted by Crippen LogP contribution is 2.27. The fourth-order valence-electron chi connectivity index (χ4n) is 4.25. The molecular weight excluding hydrogens is 428 g/mol. The van der Waals surface area contributed by atoms with Gasteiger partial charge >= 0.3 is 0 Å². The van der Waals surface area contributed by atoms with Crippen LogP contribution in [0.1, 0.15) is 41.9 Å². The number of nitrogens with one attached hydrogen (secondary N) is 3. The molecule has 0 unspecified atom stereocenters. The van der Waals surface area contributed by atoms with Crippen LogP contribution >= 0.6 is 0 Å². The smallest absolute Gasteiger partial charge is 0.276 e. The second-order valence-electron chi connectivity index (χ2n) is 8.71. The van der Waals surface area contributed by atoms with Gasteiger partial charge in [0.05, 0.1) is 11.9 Å². The molecule has 1 saturated carbocycles. The number of aromatic nitrogens is 4. The van der Waals surface area contributed by atoms with Crippen molar-refractivity contribution in [3.8, 4) is 0 Å². The predicted molar refractivity (Wildman–Crippen MR) is 133 cm³/mol. The van der Waals surface area contributed by atoms with Gasteiger partial charge in [-0.2, -0.15) is 0 Å². The number of nitrogens with two attached hydrogens (primary N) is 1. The Morgan fingerprint density at radius 3 is 2.59 bits per heavy atom. The van der Waals surface area contributed by atoms with E-state index >= 15 is 0 Å². The molecule has 1 aromatic carbocycles. The van der Waals surface area contributed by atoms with Gasteiger partial charge in [0.1, 0.15) is 5.82 Å². The monoisotopic (exact) mass is 456 g/mol. The summed E-state index contributed by atoms with van der Waals surface area (Å²) in [6.45, 7) is 1.88. The number of rotatable bonds is 6. The molecule has 3 heterocycles. The lowest BCUT2D eigenvalue weighted by Crippen LogP contribution is -2.33. The van der Waals surface area contributed by atoms with Crippen molar-refractivity contribution < 1.29 is 4.79 Å². The molecule has 0 radical (unpaired) electrons. The van der Waals surface area contributed by atoms with E-state index in [1.807, 2.05) is 49.4 Å². The summed E-state index contributed by atoms with van der Waals surface area (Å²) in [4.78, 5) is 21.8. The normalized spacial score (nSPS) is 17.9. The standard InChI is InChI=1S/C25H28N8O/c1-16-13-20(11-12-27-16)31-25(34)22-15-28-24-21(29-18-5-3-2-4-6-18)14-23(32-33(22)24)30-19-9-7-17(26)8-10-19/h2-6,11-15,17,19,29H,7-10,26H2,1H3,(H,30,32)(H,27,31,34). The Balaban J connectivity index is 1.49. The number of hydrogen-bond donors (Lipinski definition) is 4. The Bertz CT molecular complexity index is 1300. The van der Waals surface area contributed by atoms with Gasteiger partial charge < -0.3 is 21.7 Å². The topological polar surface area (TPSA) is 122 Å². The molecule has 5 N–H and O–H groups in total. The van der Waals surface area contributed by atoms with Crippen molar-refractivity contribution in [1.82, 2.24) is 19.6 Å². The molecule has 1 aliphatic carbocycles. The number of nitrogens with zero attached hydrogens (tertiary/aromatic N) is 4. The summed E-state index contributed by atoms with van der Waals surface area (Å²) in [5.41, 5.74) is 10.2. The first kappa shape index (κ1) is 21.8. The largest absolute Gasteiger partial charge is 0.366 e. The maximum Gasteiger partial charge on any atom is 0.276 e. The molecule has 1 fully saturated rings. The van der Waals surface area contributed by atoms with Crippen LogP contribution in [0.2, 0.25) is 0 Å². The van der Waals surface area contributed by atoms with Crippen LogP contribution < -0.4 is 21.7 Å². The molecular formula is C25H28N8O. The minimum Gasteiger partial charge on any atom is -0.366 e. The van der Waals surface area contributed by atoms with Crippen LogP contribution in [0.3, 0.4) is 0 Å². The average Bonchev–Trinajstić information content (AvgIpc) is 3.26. The zero-order valence-electron chi connectivity index (χ0n) is 19.0. The number of carbonyl (C=O) groups is 1. The second-order valence-corrected chi connectivity index (χ2v) is 8.71. The Morgan fingerprint density at radius 1 is 1.03 bits per heavy atom. The first-order chi connectivity index (χ1) is 16.5.